The largest absolute Gasteiger partial charge is 0.483 e. The molecule has 1 saturated carbocycles. The van der Waals surface area contributed by atoms with Gasteiger partial charge < -0.3 is 14.6 Å². The third kappa shape index (κ3) is 3.24. The highest BCUT2D eigenvalue weighted by molar-refractivity contribution is 5.35. The topological polar surface area (TPSA) is 60.2 Å². The van der Waals surface area contributed by atoms with Crippen molar-refractivity contribution in [3.05, 3.63) is 41.5 Å². The molecule has 1 atom stereocenters. The predicted octanol–water partition coefficient (Wildman–Crippen LogP) is 3.20. The lowest BCUT2D eigenvalue weighted by Gasteiger charge is -2.18. The van der Waals surface area contributed by atoms with E-state index >= 15 is 0 Å². The molecule has 1 aromatic carbocycles. The minimum absolute atomic E-state index is 0.283. The molecule has 21 heavy (non-hydrogen) atoms. The Hall–Kier alpha value is -1.88. The van der Waals surface area contributed by atoms with Crippen LogP contribution in [-0.4, -0.2) is 17.2 Å². The molecule has 0 amide bonds. The minimum atomic E-state index is 0.283. The van der Waals surface area contributed by atoms with Crippen molar-refractivity contribution in [1.29, 1.82) is 0 Å². The number of para-hydroxylation sites is 1. The Labute approximate surface area is 124 Å². The summed E-state index contributed by atoms with van der Waals surface area (Å²) in [6.07, 6.45) is 3.34. The quantitative estimate of drug-likeness (QED) is 0.847. The van der Waals surface area contributed by atoms with E-state index in [1.165, 1.54) is 12.8 Å². The molecule has 1 unspecified atom stereocenters. The van der Waals surface area contributed by atoms with Gasteiger partial charge in [0.25, 0.3) is 5.89 Å². The normalized spacial score (nSPS) is 15.9. The van der Waals surface area contributed by atoms with E-state index in [9.17, 15) is 0 Å². The molecular formula is C16H21N3O2. The smallest absolute Gasteiger partial charge is 0.264 e. The Morgan fingerprint density at radius 1 is 1.38 bits per heavy atom. The summed E-state index contributed by atoms with van der Waals surface area (Å²) >= 11 is 0. The van der Waals surface area contributed by atoms with Gasteiger partial charge in [-0.25, -0.2) is 0 Å². The summed E-state index contributed by atoms with van der Waals surface area (Å²) in [5.41, 5.74) is 1.16. The first-order chi connectivity index (χ1) is 10.3. The minimum Gasteiger partial charge on any atom is -0.483 e. The molecule has 3 rings (SSSR count). The highest BCUT2D eigenvalue weighted by Crippen LogP contribution is 2.38. The molecule has 1 aliphatic rings. The van der Waals surface area contributed by atoms with E-state index in [4.69, 9.17) is 9.26 Å². The number of aromatic nitrogens is 2. The second kappa shape index (κ2) is 6.26. The zero-order valence-electron chi connectivity index (χ0n) is 12.5. The molecular weight excluding hydrogens is 266 g/mol. The maximum Gasteiger partial charge on any atom is 0.264 e. The predicted molar refractivity (Wildman–Crippen MR) is 79.1 cm³/mol. The van der Waals surface area contributed by atoms with Gasteiger partial charge in [0.1, 0.15) is 5.75 Å². The van der Waals surface area contributed by atoms with E-state index in [0.717, 1.165) is 23.6 Å². The molecule has 112 valence electrons. The molecule has 0 aliphatic heterocycles. The Morgan fingerprint density at radius 3 is 2.90 bits per heavy atom. The zero-order chi connectivity index (χ0) is 14.7. The fourth-order valence-electron chi connectivity index (χ4n) is 2.45. The van der Waals surface area contributed by atoms with Crippen LogP contribution in [0.25, 0.3) is 0 Å². The van der Waals surface area contributed by atoms with Gasteiger partial charge in [0.05, 0.1) is 0 Å². The van der Waals surface area contributed by atoms with Crippen LogP contribution in [0.5, 0.6) is 5.75 Å². The molecule has 1 N–H and O–H groups in total. The van der Waals surface area contributed by atoms with Gasteiger partial charge in [-0.15, -0.1) is 0 Å². The molecule has 5 nitrogen and oxygen atoms in total. The van der Waals surface area contributed by atoms with E-state index in [-0.39, 0.29) is 6.04 Å². The van der Waals surface area contributed by atoms with Gasteiger partial charge in [-0.1, -0.05) is 30.3 Å². The lowest BCUT2D eigenvalue weighted by molar-refractivity contribution is 0.239. The Balaban J connectivity index is 1.68. The maximum atomic E-state index is 5.89. The van der Waals surface area contributed by atoms with Gasteiger partial charge >= 0.3 is 0 Å². The van der Waals surface area contributed by atoms with Gasteiger partial charge in [-0.05, 0) is 32.4 Å². The Kier molecular flexibility index (Phi) is 4.20. The SMILES string of the molecule is CCC(NC)c1ccccc1OCc1nc(C2CC2)no1. The van der Waals surface area contributed by atoms with Gasteiger partial charge in [-0.3, -0.25) is 0 Å². The molecule has 0 radical (unpaired) electrons. The van der Waals surface area contributed by atoms with Crippen molar-refractivity contribution >= 4 is 0 Å². The monoisotopic (exact) mass is 287 g/mol. The third-order valence-corrected chi connectivity index (χ3v) is 3.83. The van der Waals surface area contributed by atoms with Gasteiger partial charge in [0.15, 0.2) is 12.4 Å². The maximum absolute atomic E-state index is 5.89. The number of hydrogen-bond donors (Lipinski definition) is 1. The summed E-state index contributed by atoms with van der Waals surface area (Å²) in [5, 5.41) is 7.30. The van der Waals surface area contributed by atoms with Crippen LogP contribution in [0.2, 0.25) is 0 Å². The zero-order valence-corrected chi connectivity index (χ0v) is 12.5. The van der Waals surface area contributed by atoms with Gasteiger partial charge in [0.2, 0.25) is 0 Å². The van der Waals surface area contributed by atoms with Crippen LogP contribution in [0.3, 0.4) is 0 Å². The number of benzene rings is 1. The Morgan fingerprint density at radius 2 is 2.19 bits per heavy atom. The van der Waals surface area contributed by atoms with E-state index in [2.05, 4.69) is 28.4 Å². The molecule has 1 aliphatic carbocycles. The lowest BCUT2D eigenvalue weighted by atomic mass is 10.0. The fourth-order valence-corrected chi connectivity index (χ4v) is 2.45. The average molecular weight is 287 g/mol. The molecule has 5 heteroatoms. The number of nitrogens with one attached hydrogen (secondary N) is 1. The number of nitrogens with zero attached hydrogens (tertiary/aromatic N) is 2. The molecule has 1 fully saturated rings. The first-order valence-electron chi connectivity index (χ1n) is 7.53. The molecule has 0 saturated heterocycles. The highest BCUT2D eigenvalue weighted by Gasteiger charge is 2.28. The average Bonchev–Trinajstić information content (AvgIpc) is 3.26. The van der Waals surface area contributed by atoms with Crippen molar-refractivity contribution in [3.63, 3.8) is 0 Å². The van der Waals surface area contributed by atoms with E-state index in [1.807, 2.05) is 25.2 Å². The van der Waals surface area contributed by atoms with Crippen molar-refractivity contribution in [2.75, 3.05) is 7.05 Å². The van der Waals surface area contributed by atoms with E-state index in [0.29, 0.717) is 18.4 Å². The van der Waals surface area contributed by atoms with Crippen LogP contribution in [-0.2, 0) is 6.61 Å². The summed E-state index contributed by atoms with van der Waals surface area (Å²) in [6.45, 7) is 2.47. The summed E-state index contributed by atoms with van der Waals surface area (Å²) in [6, 6.07) is 8.35. The second-order valence-corrected chi connectivity index (χ2v) is 5.40. The highest BCUT2D eigenvalue weighted by atomic mass is 16.5. The first kappa shape index (κ1) is 14.1. The molecule has 0 spiro atoms. The van der Waals surface area contributed by atoms with Crippen molar-refractivity contribution < 1.29 is 9.26 Å². The van der Waals surface area contributed by atoms with Gasteiger partial charge in [-0.2, -0.15) is 4.98 Å². The van der Waals surface area contributed by atoms with Crippen LogP contribution in [0.15, 0.2) is 28.8 Å². The number of hydrogen-bond acceptors (Lipinski definition) is 5. The van der Waals surface area contributed by atoms with Crippen molar-refractivity contribution in [2.45, 2.75) is 44.8 Å². The second-order valence-electron chi connectivity index (χ2n) is 5.40. The van der Waals surface area contributed by atoms with Crippen LogP contribution in [0.1, 0.15) is 55.4 Å². The van der Waals surface area contributed by atoms with Crippen LogP contribution >= 0.6 is 0 Å². The standard InChI is InChI=1S/C16H21N3O2/c1-3-13(17-2)12-6-4-5-7-14(12)20-10-15-18-16(19-21-15)11-8-9-11/h4-7,11,13,17H,3,8-10H2,1-2H3. The van der Waals surface area contributed by atoms with Crippen molar-refractivity contribution in [2.24, 2.45) is 0 Å². The number of ether oxygens (including phenoxy) is 1. The summed E-state index contributed by atoms with van der Waals surface area (Å²) < 4.78 is 11.1. The molecule has 2 aromatic rings. The van der Waals surface area contributed by atoms with Crippen molar-refractivity contribution in [3.8, 4) is 5.75 Å². The first-order valence-corrected chi connectivity index (χ1v) is 7.53. The van der Waals surface area contributed by atoms with Gasteiger partial charge in [0, 0.05) is 17.5 Å². The summed E-state index contributed by atoms with van der Waals surface area (Å²) in [7, 11) is 1.96. The number of rotatable bonds is 7. The van der Waals surface area contributed by atoms with Crippen LogP contribution in [0, 0.1) is 0 Å². The molecule has 0 bridgehead atoms. The summed E-state index contributed by atoms with van der Waals surface area (Å²) in [4.78, 5) is 4.38. The van der Waals surface area contributed by atoms with E-state index < -0.39 is 0 Å². The van der Waals surface area contributed by atoms with Crippen LogP contribution < -0.4 is 10.1 Å². The summed E-state index contributed by atoms with van der Waals surface area (Å²) in [5.74, 6) is 2.74. The third-order valence-electron chi connectivity index (χ3n) is 3.83. The lowest BCUT2D eigenvalue weighted by Crippen LogP contribution is -2.16. The fraction of sp³-hybridized carbons (Fsp3) is 0.500. The van der Waals surface area contributed by atoms with Crippen molar-refractivity contribution in [1.82, 2.24) is 15.5 Å². The van der Waals surface area contributed by atoms with Crippen LogP contribution in [0.4, 0.5) is 0 Å². The Bertz CT molecular complexity index is 589. The molecule has 1 aromatic heterocycles. The van der Waals surface area contributed by atoms with E-state index in [1.54, 1.807) is 0 Å². The molecule has 1 heterocycles.